The Bertz CT molecular complexity index is 6270. The fraction of sp³-hybridized carbons (Fsp3) is 0. The van der Waals surface area contributed by atoms with Gasteiger partial charge in [0.05, 0.1) is 77.9 Å². The molecule has 0 saturated heterocycles. The monoisotopic (exact) mass is 1830 g/mol. The molecule has 0 bridgehead atoms. The Morgan fingerprint density at radius 3 is 0.319 bits per heavy atom. The van der Waals surface area contributed by atoms with Gasteiger partial charge in [-0.25, -0.2) is 67.1 Å². The van der Waals surface area contributed by atoms with Crippen LogP contribution >= 0.6 is 0 Å². The largest absolute Gasteiger partial charge is 0.423 e. The molecule has 0 aromatic heterocycles. The minimum Gasteiger partial charge on any atom is -0.423 e. The maximum atomic E-state index is 14.6. The number of hydrogen-bond acceptors (Lipinski definition) is 28. The number of carbonyl (C=O) groups is 14. The Labute approximate surface area is 782 Å². The van der Waals surface area contributed by atoms with E-state index in [1.165, 1.54) is 146 Å². The lowest BCUT2D eigenvalue weighted by molar-refractivity contribution is 0.0694. The highest BCUT2D eigenvalue weighted by Crippen LogP contribution is 2.36. The van der Waals surface area contributed by atoms with Gasteiger partial charge in [0, 0.05) is 36.4 Å². The summed E-state index contributed by atoms with van der Waals surface area (Å²) in [6.07, 6.45) is 0. The van der Waals surface area contributed by atoms with E-state index in [1.54, 1.807) is 170 Å². The van der Waals surface area contributed by atoms with Crippen molar-refractivity contribution in [3.8, 4) is 91.6 Å². The molecule has 16 rings (SSSR count). The van der Waals surface area contributed by atoms with Crippen molar-refractivity contribution >= 4 is 83.6 Å². The first-order valence-electron chi connectivity index (χ1n) is 41.6. The summed E-state index contributed by atoms with van der Waals surface area (Å²) in [5, 5.41) is 0. The molecule has 0 aliphatic heterocycles. The minimum atomic E-state index is -1.20. The Morgan fingerprint density at radius 2 is 0.203 bits per heavy atom. The number of hydrogen-bond donors (Lipinski definition) is 0. The van der Waals surface area contributed by atoms with Gasteiger partial charge in [-0.3, -0.25) is 0 Å². The zero-order chi connectivity index (χ0) is 96.0. The van der Waals surface area contributed by atoms with Crippen molar-refractivity contribution < 1.29 is 133 Å². The standard InChI is InChI=1S/C110H66O28/c111-97(69-25-9-1-10-26-69)127-85-53-79(54-86(61-85)128-98(112)70-27-11-2-12-28-70)107(121)135-93-49-77(50-94(65-93)136-108(122)80-55-87(129-99(113)71-29-13-3-14-30-71)62-88(56-80)130-100(114)72-31-15-4-16-32-72)105(119)125-83-45-41-67(42-46-83)68-43-47-84(48-44-68)126-106(120)78-51-95(137-109(123)81-57-89(131-101(115)73-33-17-5-18-34-73)63-90(58-81)132-102(116)74-35-19-6-20-36-74)66-96(52-78)138-110(124)82-59-91(133-103(117)75-37-21-7-22-38-75)64-92(60-82)134-104(118)76-39-23-8-24-40-76/h1-66H. The summed E-state index contributed by atoms with van der Waals surface area (Å²) in [5.41, 5.74) is -0.230. The topological polar surface area (TPSA) is 368 Å². The molecule has 28 heteroatoms. The summed E-state index contributed by atoms with van der Waals surface area (Å²) in [6.45, 7) is 0. The maximum absolute atomic E-state index is 14.6. The van der Waals surface area contributed by atoms with Gasteiger partial charge in [-0.2, -0.15) is 0 Å². The van der Waals surface area contributed by atoms with Gasteiger partial charge < -0.3 is 66.3 Å². The van der Waals surface area contributed by atoms with Gasteiger partial charge in [-0.15, -0.1) is 0 Å². The van der Waals surface area contributed by atoms with Crippen molar-refractivity contribution in [3.05, 3.63) is 478 Å². The zero-order valence-corrected chi connectivity index (χ0v) is 71.5. The molecule has 16 aromatic rings. The first-order valence-corrected chi connectivity index (χ1v) is 41.6. The number of carbonyl (C=O) groups excluding carboxylic acids is 14. The van der Waals surface area contributed by atoms with Crippen LogP contribution in [0.3, 0.4) is 0 Å². The second-order valence-electron chi connectivity index (χ2n) is 29.6. The molecule has 16 aromatic carbocycles. The molecule has 0 amide bonds. The molecule has 674 valence electrons. The predicted octanol–water partition coefficient (Wildman–Crippen LogP) is 20.4. The zero-order valence-electron chi connectivity index (χ0n) is 71.5. The van der Waals surface area contributed by atoms with E-state index in [2.05, 4.69) is 0 Å². The van der Waals surface area contributed by atoms with Gasteiger partial charge in [0.2, 0.25) is 0 Å². The molecule has 0 unspecified atom stereocenters. The summed E-state index contributed by atoms with van der Waals surface area (Å²) >= 11 is 0. The first kappa shape index (κ1) is 91.4. The van der Waals surface area contributed by atoms with Crippen LogP contribution in [-0.4, -0.2) is 83.6 Å². The lowest BCUT2D eigenvalue weighted by Gasteiger charge is -2.14. The average molecular weight is 1840 g/mol. The molecular weight excluding hydrogens is 1770 g/mol. The fourth-order valence-corrected chi connectivity index (χ4v) is 13.2. The van der Waals surface area contributed by atoms with Crippen molar-refractivity contribution in [2.24, 2.45) is 0 Å². The van der Waals surface area contributed by atoms with Crippen LogP contribution < -0.4 is 66.3 Å². The smallest absolute Gasteiger partial charge is 0.343 e. The molecule has 0 radical (unpaired) electrons. The molecule has 0 aliphatic carbocycles. The van der Waals surface area contributed by atoms with Gasteiger partial charge in [0.1, 0.15) is 80.5 Å². The minimum absolute atomic E-state index is 0.0639. The second kappa shape index (κ2) is 42.8. The number of rotatable bonds is 29. The van der Waals surface area contributed by atoms with Crippen molar-refractivity contribution in [2.45, 2.75) is 0 Å². The number of ether oxygens (including phenoxy) is 14. The lowest BCUT2D eigenvalue weighted by atomic mass is 10.1. The molecule has 0 N–H and O–H groups in total. The molecule has 0 saturated carbocycles. The number of esters is 14. The summed E-state index contributed by atoms with van der Waals surface area (Å²) in [4.78, 5) is 195. The molecule has 0 spiro atoms. The molecule has 0 aliphatic rings. The van der Waals surface area contributed by atoms with E-state index >= 15 is 0 Å². The summed E-state index contributed by atoms with van der Waals surface area (Å²) in [5.74, 6) is -18.0. The Balaban J connectivity index is 0.673. The van der Waals surface area contributed by atoms with Crippen molar-refractivity contribution in [2.75, 3.05) is 0 Å². The third-order valence-electron chi connectivity index (χ3n) is 19.8. The molecule has 0 heterocycles. The molecular formula is C110H66O28. The predicted molar refractivity (Wildman–Crippen MR) is 491 cm³/mol. The van der Waals surface area contributed by atoms with Crippen LogP contribution in [0.15, 0.2) is 400 Å². The van der Waals surface area contributed by atoms with Crippen LogP contribution in [0.4, 0.5) is 0 Å². The molecule has 0 atom stereocenters. The van der Waals surface area contributed by atoms with Crippen LogP contribution in [0.5, 0.6) is 80.5 Å². The van der Waals surface area contributed by atoms with E-state index in [0.717, 1.165) is 84.9 Å². The van der Waals surface area contributed by atoms with Gasteiger partial charge in [0.25, 0.3) is 0 Å². The summed E-state index contributed by atoms with van der Waals surface area (Å²) in [6, 6.07) is 94.8. The van der Waals surface area contributed by atoms with E-state index in [0.29, 0.717) is 11.1 Å². The normalized spacial score (nSPS) is 10.6. The average Bonchev–Trinajstić information content (AvgIpc) is 0.811. The van der Waals surface area contributed by atoms with E-state index in [1.807, 2.05) is 0 Å². The van der Waals surface area contributed by atoms with Crippen molar-refractivity contribution in [3.63, 3.8) is 0 Å². The Morgan fingerprint density at radius 1 is 0.101 bits per heavy atom. The third kappa shape index (κ3) is 24.2. The van der Waals surface area contributed by atoms with E-state index in [-0.39, 0.29) is 124 Å². The lowest BCUT2D eigenvalue weighted by Crippen LogP contribution is -2.15. The van der Waals surface area contributed by atoms with Crippen LogP contribution in [0, 0.1) is 0 Å². The van der Waals surface area contributed by atoms with Gasteiger partial charge in [-0.05, 0) is 205 Å². The molecule has 138 heavy (non-hydrogen) atoms. The van der Waals surface area contributed by atoms with Crippen LogP contribution in [0.1, 0.15) is 145 Å². The van der Waals surface area contributed by atoms with Crippen LogP contribution in [0.2, 0.25) is 0 Å². The highest BCUT2D eigenvalue weighted by Gasteiger charge is 2.28. The van der Waals surface area contributed by atoms with Crippen molar-refractivity contribution in [1.82, 2.24) is 0 Å². The SMILES string of the molecule is O=C(Oc1cc(OC(=O)c2ccccc2)cc(C(=O)Oc2cc(OC(=O)c3cc(OC(=O)c4ccccc4)cc(OC(=O)c4ccccc4)c3)cc(C(=O)Oc3ccc(-c4ccc(OC(=O)c5cc(OC(=O)c6cc(OC(=O)c7ccccc7)cc(OC(=O)c7ccccc7)c6)cc(OC(=O)c6cc(OC(=O)c7ccccc7)cc(OC(=O)c7ccccc7)c6)c5)cc4)cc3)c2)c1)c1ccccc1. The second-order valence-corrected chi connectivity index (χ2v) is 29.6. The summed E-state index contributed by atoms with van der Waals surface area (Å²) < 4.78 is 80.7. The van der Waals surface area contributed by atoms with Crippen LogP contribution in [0.25, 0.3) is 11.1 Å². The highest BCUT2D eigenvalue weighted by atomic mass is 16.6. The van der Waals surface area contributed by atoms with Gasteiger partial charge in [0.15, 0.2) is 0 Å². The maximum Gasteiger partial charge on any atom is 0.343 e. The van der Waals surface area contributed by atoms with Gasteiger partial charge >= 0.3 is 83.6 Å². The van der Waals surface area contributed by atoms with Crippen molar-refractivity contribution in [1.29, 1.82) is 0 Å². The van der Waals surface area contributed by atoms with E-state index in [9.17, 15) is 67.1 Å². The Hall–Kier alpha value is -19.9. The highest BCUT2D eigenvalue weighted by molar-refractivity contribution is 6.02. The van der Waals surface area contributed by atoms with E-state index < -0.39 is 118 Å². The van der Waals surface area contributed by atoms with Gasteiger partial charge in [-0.1, -0.05) is 170 Å². The third-order valence-corrected chi connectivity index (χ3v) is 19.8. The first-order chi connectivity index (χ1) is 67.0. The van der Waals surface area contributed by atoms with Crippen LogP contribution in [-0.2, 0) is 0 Å². The quantitative estimate of drug-likeness (QED) is 0.0310. The van der Waals surface area contributed by atoms with E-state index in [4.69, 9.17) is 66.3 Å². The summed E-state index contributed by atoms with van der Waals surface area (Å²) in [7, 11) is 0. The molecule has 28 nitrogen and oxygen atoms in total. The number of benzene rings is 16. The fourth-order valence-electron chi connectivity index (χ4n) is 13.2. The molecule has 0 fully saturated rings. The Kier molecular flexibility index (Phi) is 28.3.